The van der Waals surface area contributed by atoms with Crippen molar-refractivity contribution in [1.82, 2.24) is 0 Å². The third-order valence-corrected chi connectivity index (χ3v) is 2.18. The Labute approximate surface area is 99.2 Å². The van der Waals surface area contributed by atoms with Crippen molar-refractivity contribution in [2.45, 2.75) is 19.4 Å². The lowest BCUT2D eigenvalue weighted by Crippen LogP contribution is -2.69. The van der Waals surface area contributed by atoms with E-state index >= 15 is 0 Å². The predicted molar refractivity (Wildman–Crippen MR) is 58.0 cm³/mol. The molecular weight excluding hydrogens is 222 g/mol. The van der Waals surface area contributed by atoms with E-state index in [9.17, 15) is 14.7 Å². The Balaban J connectivity index is 2.55. The summed E-state index contributed by atoms with van der Waals surface area (Å²) in [5.74, 6) is -0.635. The van der Waals surface area contributed by atoms with E-state index in [0.717, 1.165) is 5.56 Å². The van der Waals surface area contributed by atoms with Gasteiger partial charge in [-0.2, -0.15) is 0 Å². The van der Waals surface area contributed by atoms with Crippen molar-refractivity contribution in [3.05, 3.63) is 29.8 Å². The highest BCUT2D eigenvalue weighted by molar-refractivity contribution is 5.77. The maximum Gasteiger partial charge on any atom is 0.167 e. The van der Waals surface area contributed by atoms with Crippen molar-refractivity contribution >= 4 is 11.8 Å². The van der Waals surface area contributed by atoms with Gasteiger partial charge in [0.25, 0.3) is 0 Å². The Morgan fingerprint density at radius 3 is 2.41 bits per heavy atom. The number of carbonyl (C=O) groups is 2. The number of ether oxygens (including phenoxy) is 1. The lowest BCUT2D eigenvalue weighted by molar-refractivity contribution is -0.437. The molecule has 5 heteroatoms. The van der Waals surface area contributed by atoms with Gasteiger partial charge >= 0.3 is 0 Å². The maximum atomic E-state index is 10.7. The number of hydrogen-bond acceptors (Lipinski definition) is 4. The monoisotopic (exact) mass is 237 g/mol. The number of quaternary nitrogens is 1. The van der Waals surface area contributed by atoms with Gasteiger partial charge in [0, 0.05) is 6.42 Å². The molecule has 0 fully saturated rings. The number of rotatable bonds is 6. The highest BCUT2D eigenvalue weighted by atomic mass is 16.5. The topological polar surface area (TPSA) is 94.1 Å². The zero-order valence-electron chi connectivity index (χ0n) is 9.64. The SMILES string of the molecule is CC(=O)COc1ccc(C[C@H]([NH3+])C(=O)[O-])cc1. The summed E-state index contributed by atoms with van der Waals surface area (Å²) in [5.41, 5.74) is 4.31. The average Bonchev–Trinajstić information content (AvgIpc) is 2.28. The van der Waals surface area contributed by atoms with Gasteiger partial charge in [-0.25, -0.2) is 0 Å². The predicted octanol–water partition coefficient (Wildman–Crippen LogP) is -1.44. The Bertz CT molecular complexity index is 399. The molecule has 0 saturated carbocycles. The third-order valence-electron chi connectivity index (χ3n) is 2.18. The largest absolute Gasteiger partial charge is 0.544 e. The lowest BCUT2D eigenvalue weighted by Gasteiger charge is -2.10. The summed E-state index contributed by atoms with van der Waals surface area (Å²) < 4.78 is 5.18. The van der Waals surface area contributed by atoms with Crippen LogP contribution in [0.4, 0.5) is 0 Å². The highest BCUT2D eigenvalue weighted by Crippen LogP contribution is 2.12. The average molecular weight is 237 g/mol. The second kappa shape index (κ2) is 6.00. The number of benzene rings is 1. The van der Waals surface area contributed by atoms with Gasteiger partial charge in [-0.1, -0.05) is 12.1 Å². The van der Waals surface area contributed by atoms with Gasteiger partial charge in [0.2, 0.25) is 0 Å². The molecule has 0 heterocycles. The highest BCUT2D eigenvalue weighted by Gasteiger charge is 2.08. The number of Topliss-reactive ketones (excluding diaryl/α,β-unsaturated/α-hetero) is 1. The zero-order chi connectivity index (χ0) is 12.8. The van der Waals surface area contributed by atoms with Crippen molar-refractivity contribution < 1.29 is 25.2 Å². The molecule has 1 atom stereocenters. The fourth-order valence-electron chi connectivity index (χ4n) is 1.27. The fraction of sp³-hybridized carbons (Fsp3) is 0.333. The van der Waals surface area contributed by atoms with Crippen molar-refractivity contribution in [2.24, 2.45) is 0 Å². The second-order valence-corrected chi connectivity index (χ2v) is 3.85. The summed E-state index contributed by atoms with van der Waals surface area (Å²) in [7, 11) is 0. The van der Waals surface area contributed by atoms with E-state index in [1.54, 1.807) is 24.3 Å². The molecule has 17 heavy (non-hydrogen) atoms. The fourth-order valence-corrected chi connectivity index (χ4v) is 1.27. The molecule has 0 saturated heterocycles. The number of hydrogen-bond donors (Lipinski definition) is 1. The molecule has 0 bridgehead atoms. The Morgan fingerprint density at radius 1 is 1.35 bits per heavy atom. The zero-order valence-corrected chi connectivity index (χ0v) is 9.64. The number of ketones is 1. The molecule has 0 aliphatic heterocycles. The summed E-state index contributed by atoms with van der Waals surface area (Å²) in [6.07, 6.45) is 0.315. The van der Waals surface area contributed by atoms with Crippen molar-refractivity contribution in [2.75, 3.05) is 6.61 Å². The maximum absolute atomic E-state index is 10.7. The van der Waals surface area contributed by atoms with E-state index in [1.165, 1.54) is 6.92 Å². The standard InChI is InChI=1S/C12H15NO4/c1-8(14)7-17-10-4-2-9(3-5-10)6-11(13)12(15)16/h2-5,11H,6-7,13H2,1H3,(H,15,16)/t11-/m0/s1. The van der Waals surface area contributed by atoms with E-state index in [-0.39, 0.29) is 12.4 Å². The first-order valence-corrected chi connectivity index (χ1v) is 5.24. The molecular formula is C12H15NO4. The normalized spacial score (nSPS) is 11.9. The van der Waals surface area contributed by atoms with E-state index in [1.807, 2.05) is 0 Å². The molecule has 0 amide bonds. The molecule has 0 aromatic heterocycles. The van der Waals surface area contributed by atoms with Crippen LogP contribution in [0, 0.1) is 0 Å². The summed E-state index contributed by atoms with van der Waals surface area (Å²) >= 11 is 0. The minimum Gasteiger partial charge on any atom is -0.544 e. The van der Waals surface area contributed by atoms with Gasteiger partial charge in [0.1, 0.15) is 18.4 Å². The van der Waals surface area contributed by atoms with Crippen molar-refractivity contribution in [3.8, 4) is 5.75 Å². The van der Waals surface area contributed by atoms with E-state index < -0.39 is 12.0 Å². The first-order valence-electron chi connectivity index (χ1n) is 5.24. The summed E-state index contributed by atoms with van der Waals surface area (Å²) in [5, 5.41) is 10.5. The summed E-state index contributed by atoms with van der Waals surface area (Å²) in [6, 6.07) is 6.12. The van der Waals surface area contributed by atoms with Crippen LogP contribution in [0.15, 0.2) is 24.3 Å². The molecule has 0 aliphatic rings. The first-order chi connectivity index (χ1) is 7.99. The van der Waals surface area contributed by atoms with Gasteiger partial charge in [-0.3, -0.25) is 4.79 Å². The first kappa shape index (κ1) is 13.2. The van der Waals surface area contributed by atoms with Gasteiger partial charge < -0.3 is 20.4 Å². The Morgan fingerprint density at radius 2 is 1.94 bits per heavy atom. The number of carboxylic acid groups (broad SMARTS) is 1. The van der Waals surface area contributed by atoms with Crippen LogP contribution >= 0.6 is 0 Å². The van der Waals surface area contributed by atoms with Gasteiger partial charge in [-0.15, -0.1) is 0 Å². The molecule has 1 aromatic rings. The Kier molecular flexibility index (Phi) is 4.66. The number of aliphatic carboxylic acids is 1. The van der Waals surface area contributed by atoms with Gasteiger partial charge in [0.05, 0.1) is 5.97 Å². The molecule has 92 valence electrons. The molecule has 0 radical (unpaired) electrons. The van der Waals surface area contributed by atoms with Crippen LogP contribution in [0.3, 0.4) is 0 Å². The van der Waals surface area contributed by atoms with Crippen LogP contribution in [0.25, 0.3) is 0 Å². The molecule has 3 N–H and O–H groups in total. The van der Waals surface area contributed by atoms with Crippen LogP contribution in [0.2, 0.25) is 0 Å². The quantitative estimate of drug-likeness (QED) is 0.655. The molecule has 1 rings (SSSR count). The molecule has 0 spiro atoms. The van der Waals surface area contributed by atoms with Gasteiger partial charge in [-0.05, 0) is 24.6 Å². The van der Waals surface area contributed by atoms with E-state index in [0.29, 0.717) is 12.2 Å². The lowest BCUT2D eigenvalue weighted by atomic mass is 10.1. The van der Waals surface area contributed by atoms with E-state index in [2.05, 4.69) is 5.73 Å². The van der Waals surface area contributed by atoms with Crippen LogP contribution in [-0.4, -0.2) is 24.4 Å². The van der Waals surface area contributed by atoms with Crippen molar-refractivity contribution in [1.29, 1.82) is 0 Å². The number of carboxylic acids is 1. The molecule has 1 aromatic carbocycles. The van der Waals surface area contributed by atoms with Crippen LogP contribution in [0.5, 0.6) is 5.75 Å². The summed E-state index contributed by atoms with van der Waals surface area (Å²) in [6.45, 7) is 1.48. The minimum absolute atomic E-state index is 0.0380. The molecule has 0 unspecified atom stereocenters. The Hall–Kier alpha value is -1.88. The van der Waals surface area contributed by atoms with Crippen LogP contribution in [-0.2, 0) is 16.0 Å². The van der Waals surface area contributed by atoms with Crippen LogP contribution < -0.4 is 15.6 Å². The summed E-state index contributed by atoms with van der Waals surface area (Å²) in [4.78, 5) is 21.2. The molecule has 5 nitrogen and oxygen atoms in total. The smallest absolute Gasteiger partial charge is 0.167 e. The van der Waals surface area contributed by atoms with Gasteiger partial charge in [0.15, 0.2) is 5.78 Å². The minimum atomic E-state index is -1.16. The second-order valence-electron chi connectivity index (χ2n) is 3.85. The van der Waals surface area contributed by atoms with Crippen molar-refractivity contribution in [3.63, 3.8) is 0 Å². The number of carbonyl (C=O) groups excluding carboxylic acids is 2. The van der Waals surface area contributed by atoms with E-state index in [4.69, 9.17) is 4.74 Å². The third kappa shape index (κ3) is 4.65. The van der Waals surface area contributed by atoms with Crippen LogP contribution in [0.1, 0.15) is 12.5 Å². The molecule has 0 aliphatic carbocycles.